The third kappa shape index (κ3) is 5.32. The van der Waals surface area contributed by atoms with Gasteiger partial charge in [-0.05, 0) is 36.5 Å². The molecule has 1 saturated heterocycles. The van der Waals surface area contributed by atoms with Gasteiger partial charge < -0.3 is 10.2 Å². The highest BCUT2D eigenvalue weighted by Crippen LogP contribution is 2.33. The molecule has 0 radical (unpaired) electrons. The number of carbonyl (C=O) groups excluding carboxylic acids is 2. The second kappa shape index (κ2) is 10.1. The van der Waals surface area contributed by atoms with E-state index in [0.29, 0.717) is 12.1 Å². The van der Waals surface area contributed by atoms with E-state index in [1.165, 1.54) is 5.56 Å². The summed E-state index contributed by atoms with van der Waals surface area (Å²) in [5, 5.41) is 2.86. The van der Waals surface area contributed by atoms with Crippen molar-refractivity contribution in [1.29, 1.82) is 0 Å². The van der Waals surface area contributed by atoms with Gasteiger partial charge in [-0.3, -0.25) is 20.4 Å². The number of likely N-dealkylation sites (N-methyl/N-ethyl adjacent to an activating group) is 1. The molecule has 2 aromatic carbocycles. The summed E-state index contributed by atoms with van der Waals surface area (Å²) in [6.07, 6.45) is 5.66. The fourth-order valence-corrected chi connectivity index (χ4v) is 4.64. The Hall–Kier alpha value is -2.70. The number of carbonyl (C=O) groups is 2. The van der Waals surface area contributed by atoms with E-state index in [-0.39, 0.29) is 24.2 Å². The first kappa shape index (κ1) is 21.5. The van der Waals surface area contributed by atoms with Crippen LogP contribution in [0.1, 0.15) is 61.6 Å². The van der Waals surface area contributed by atoms with Crippen LogP contribution in [0.3, 0.4) is 0 Å². The number of nitrogens with zero attached hydrogens (tertiary/aromatic N) is 1. The lowest BCUT2D eigenvalue weighted by atomic mass is 9.89. The molecule has 1 fully saturated rings. The highest BCUT2D eigenvalue weighted by atomic mass is 16.2. The van der Waals surface area contributed by atoms with E-state index in [0.717, 1.165) is 49.9 Å². The van der Waals surface area contributed by atoms with Gasteiger partial charge in [0, 0.05) is 37.8 Å². The number of anilines is 1. The molecular weight excluding hydrogens is 388 g/mol. The van der Waals surface area contributed by atoms with Crippen molar-refractivity contribution in [2.75, 3.05) is 18.9 Å². The van der Waals surface area contributed by atoms with Crippen LogP contribution >= 0.6 is 0 Å². The van der Waals surface area contributed by atoms with Crippen LogP contribution in [-0.2, 0) is 9.59 Å². The Balaban J connectivity index is 1.18. The third-order valence-corrected chi connectivity index (χ3v) is 6.40. The lowest BCUT2D eigenvalue weighted by Gasteiger charge is -2.28. The number of rotatable bonds is 8. The van der Waals surface area contributed by atoms with Crippen LogP contribution in [-0.4, -0.2) is 36.3 Å². The molecule has 2 aliphatic rings. The van der Waals surface area contributed by atoms with Crippen molar-refractivity contribution in [1.82, 2.24) is 15.8 Å². The monoisotopic (exact) mass is 420 g/mol. The molecule has 2 amide bonds. The van der Waals surface area contributed by atoms with Gasteiger partial charge in [0.25, 0.3) is 0 Å². The Morgan fingerprint density at radius 3 is 2.61 bits per heavy atom. The average molecular weight is 421 g/mol. The van der Waals surface area contributed by atoms with Crippen molar-refractivity contribution in [2.45, 2.75) is 56.5 Å². The summed E-state index contributed by atoms with van der Waals surface area (Å²) in [5.74, 6) is -0.426. The predicted molar refractivity (Wildman–Crippen MR) is 122 cm³/mol. The number of benzene rings is 2. The zero-order valence-electron chi connectivity index (χ0n) is 18.1. The van der Waals surface area contributed by atoms with E-state index >= 15 is 0 Å². The first-order chi connectivity index (χ1) is 15.1. The van der Waals surface area contributed by atoms with Gasteiger partial charge in [0.15, 0.2) is 0 Å². The maximum atomic E-state index is 13.0. The normalized spacial score (nSPS) is 22.6. The van der Waals surface area contributed by atoms with E-state index in [9.17, 15) is 9.59 Å². The van der Waals surface area contributed by atoms with Crippen molar-refractivity contribution in [3.8, 4) is 0 Å². The van der Waals surface area contributed by atoms with Crippen LogP contribution in [0.25, 0.3) is 0 Å². The minimum Gasteiger partial charge on any atom is -0.345 e. The Labute approximate surface area is 184 Å². The summed E-state index contributed by atoms with van der Waals surface area (Å²) in [4.78, 5) is 26.8. The third-order valence-electron chi connectivity index (χ3n) is 6.40. The lowest BCUT2D eigenvalue weighted by Crippen LogP contribution is -2.36. The van der Waals surface area contributed by atoms with Crippen LogP contribution in [0, 0.1) is 0 Å². The van der Waals surface area contributed by atoms with E-state index in [1.54, 1.807) is 4.90 Å². The van der Waals surface area contributed by atoms with Crippen molar-refractivity contribution < 1.29 is 9.59 Å². The molecule has 2 heterocycles. The van der Waals surface area contributed by atoms with Gasteiger partial charge in [0.1, 0.15) is 0 Å². The second-order valence-corrected chi connectivity index (χ2v) is 8.69. The van der Waals surface area contributed by atoms with E-state index in [1.807, 2.05) is 37.4 Å². The Morgan fingerprint density at radius 2 is 1.77 bits per heavy atom. The van der Waals surface area contributed by atoms with Crippen molar-refractivity contribution in [2.24, 2.45) is 0 Å². The highest BCUT2D eigenvalue weighted by Gasteiger charge is 2.32. The molecule has 0 bridgehead atoms. The molecule has 3 unspecified atom stereocenters. The fraction of sp³-hybridized carbons (Fsp3) is 0.440. The molecule has 3 N–H and O–H groups in total. The number of hydrogen-bond donors (Lipinski definition) is 3. The predicted octanol–water partition coefficient (Wildman–Crippen LogP) is 3.74. The van der Waals surface area contributed by atoms with Gasteiger partial charge in [0.2, 0.25) is 11.8 Å². The SMILES string of the molecule is CN(CCCCCC1CC(c2ccccc2)NN1)C(=O)C1CC(=O)Nc2ccccc21. The van der Waals surface area contributed by atoms with E-state index < -0.39 is 0 Å². The topological polar surface area (TPSA) is 73.5 Å². The first-order valence-corrected chi connectivity index (χ1v) is 11.3. The number of hydrazine groups is 1. The number of amides is 2. The molecule has 3 atom stereocenters. The van der Waals surface area contributed by atoms with Crippen molar-refractivity contribution in [3.63, 3.8) is 0 Å². The molecule has 0 aliphatic carbocycles. The van der Waals surface area contributed by atoms with E-state index in [4.69, 9.17) is 0 Å². The highest BCUT2D eigenvalue weighted by molar-refractivity contribution is 6.01. The van der Waals surface area contributed by atoms with Crippen molar-refractivity contribution >= 4 is 17.5 Å². The Bertz CT molecular complexity index is 901. The van der Waals surface area contributed by atoms with Gasteiger partial charge in [-0.1, -0.05) is 61.4 Å². The molecule has 2 aliphatic heterocycles. The zero-order valence-corrected chi connectivity index (χ0v) is 18.1. The minimum atomic E-state index is -0.376. The number of fused-ring (bicyclic) bond motifs is 1. The number of hydrogen-bond acceptors (Lipinski definition) is 4. The molecule has 2 aromatic rings. The summed E-state index contributed by atoms with van der Waals surface area (Å²) in [5.41, 5.74) is 9.85. The first-order valence-electron chi connectivity index (χ1n) is 11.3. The Morgan fingerprint density at radius 1 is 1.00 bits per heavy atom. The van der Waals surface area contributed by atoms with Crippen molar-refractivity contribution in [3.05, 3.63) is 65.7 Å². The smallest absolute Gasteiger partial charge is 0.230 e. The summed E-state index contributed by atoms with van der Waals surface area (Å²) >= 11 is 0. The molecule has 0 aromatic heterocycles. The zero-order chi connectivity index (χ0) is 21.6. The molecule has 4 rings (SSSR count). The Kier molecular flexibility index (Phi) is 6.99. The summed E-state index contributed by atoms with van der Waals surface area (Å²) in [7, 11) is 1.85. The van der Waals surface area contributed by atoms with Gasteiger partial charge in [0.05, 0.1) is 5.92 Å². The quantitative estimate of drug-likeness (QED) is 0.569. The van der Waals surface area contributed by atoms with Gasteiger partial charge >= 0.3 is 0 Å². The molecule has 6 heteroatoms. The fourth-order valence-electron chi connectivity index (χ4n) is 4.64. The van der Waals surface area contributed by atoms with E-state index in [2.05, 4.69) is 40.4 Å². The van der Waals surface area contributed by atoms with Gasteiger partial charge in [-0.25, -0.2) is 0 Å². The van der Waals surface area contributed by atoms with Crippen LogP contribution in [0.5, 0.6) is 0 Å². The molecular formula is C25H32N4O2. The number of unbranched alkanes of at least 4 members (excludes halogenated alkanes) is 2. The maximum absolute atomic E-state index is 13.0. The summed E-state index contributed by atoms with van der Waals surface area (Å²) in [6.45, 7) is 0.724. The van der Waals surface area contributed by atoms with Gasteiger partial charge in [-0.2, -0.15) is 0 Å². The minimum absolute atomic E-state index is 0.0367. The average Bonchev–Trinajstić information content (AvgIpc) is 3.27. The largest absolute Gasteiger partial charge is 0.345 e. The molecule has 31 heavy (non-hydrogen) atoms. The van der Waals surface area contributed by atoms with Gasteiger partial charge in [-0.15, -0.1) is 0 Å². The number of para-hydroxylation sites is 1. The summed E-state index contributed by atoms with van der Waals surface area (Å²) in [6, 6.07) is 19.0. The maximum Gasteiger partial charge on any atom is 0.230 e. The van der Waals surface area contributed by atoms with Crippen LogP contribution < -0.4 is 16.2 Å². The standard InChI is InChI=1S/C25H32N4O2/c1-29(25(31)21-17-24(30)26-22-14-8-7-13-20(21)22)15-9-3-6-12-19-16-23(28-27-19)18-10-4-2-5-11-18/h2,4-5,7-8,10-11,13-14,19,21,23,27-28H,3,6,9,12,15-17H2,1H3,(H,26,30). The molecule has 164 valence electrons. The van der Waals surface area contributed by atoms with Crippen LogP contribution in [0.15, 0.2) is 54.6 Å². The second-order valence-electron chi connectivity index (χ2n) is 8.69. The lowest BCUT2D eigenvalue weighted by molar-refractivity contribution is -0.133. The molecule has 0 saturated carbocycles. The van der Waals surface area contributed by atoms with Crippen LogP contribution in [0.4, 0.5) is 5.69 Å². The van der Waals surface area contributed by atoms with Crippen LogP contribution in [0.2, 0.25) is 0 Å². The number of nitrogens with one attached hydrogen (secondary N) is 3. The molecule has 6 nitrogen and oxygen atoms in total. The summed E-state index contributed by atoms with van der Waals surface area (Å²) < 4.78 is 0. The molecule has 0 spiro atoms.